The van der Waals surface area contributed by atoms with Gasteiger partial charge in [0.15, 0.2) is 5.82 Å². The highest BCUT2D eigenvalue weighted by atomic mass is 35.5. The maximum absolute atomic E-state index is 13.4. The lowest BCUT2D eigenvalue weighted by Crippen LogP contribution is -1.98. The van der Waals surface area contributed by atoms with Crippen molar-refractivity contribution in [1.82, 2.24) is 9.97 Å². The molecule has 5 aromatic rings. The third-order valence-corrected chi connectivity index (χ3v) is 6.48. The number of nitrogens with one attached hydrogen (secondary N) is 1. The molecule has 34 heavy (non-hydrogen) atoms. The molecule has 0 radical (unpaired) electrons. The molecular formula is C26H19ClFN3O2S. The third-order valence-electron chi connectivity index (χ3n) is 5.21. The number of fused-ring (bicyclic) bond motifs is 1. The molecule has 170 valence electrons. The highest BCUT2D eigenvalue weighted by Crippen LogP contribution is 2.38. The van der Waals surface area contributed by atoms with E-state index in [0.29, 0.717) is 16.6 Å². The minimum Gasteiger partial charge on any atom is -0.497 e. The molecular weight excluding hydrogens is 473 g/mol. The molecule has 0 fully saturated rings. The van der Waals surface area contributed by atoms with Crippen molar-refractivity contribution in [2.75, 3.05) is 12.4 Å². The van der Waals surface area contributed by atoms with Crippen molar-refractivity contribution in [2.45, 2.75) is 6.61 Å². The summed E-state index contributed by atoms with van der Waals surface area (Å²) in [7, 11) is 1.65. The summed E-state index contributed by atoms with van der Waals surface area (Å²) in [5.41, 5.74) is 4.39. The molecule has 0 aliphatic heterocycles. The zero-order valence-electron chi connectivity index (χ0n) is 18.1. The quantitative estimate of drug-likeness (QED) is 0.256. The van der Waals surface area contributed by atoms with Crippen LogP contribution in [0.5, 0.6) is 11.5 Å². The van der Waals surface area contributed by atoms with Crippen molar-refractivity contribution >= 4 is 44.7 Å². The van der Waals surface area contributed by atoms with E-state index in [9.17, 15) is 4.39 Å². The van der Waals surface area contributed by atoms with E-state index in [1.54, 1.807) is 49.0 Å². The summed E-state index contributed by atoms with van der Waals surface area (Å²) in [6.07, 6.45) is 1.54. The molecule has 0 amide bonds. The fourth-order valence-corrected chi connectivity index (χ4v) is 4.76. The molecule has 0 aliphatic carbocycles. The molecule has 0 atom stereocenters. The first-order valence-electron chi connectivity index (χ1n) is 10.4. The smallest absolute Gasteiger partial charge is 0.151 e. The number of methoxy groups -OCH3 is 1. The number of hydrogen-bond donors (Lipinski definition) is 1. The predicted molar refractivity (Wildman–Crippen MR) is 135 cm³/mol. The molecule has 0 aliphatic rings. The van der Waals surface area contributed by atoms with E-state index in [4.69, 9.17) is 21.1 Å². The van der Waals surface area contributed by atoms with Crippen LogP contribution in [0.2, 0.25) is 5.02 Å². The molecule has 5 nitrogen and oxygen atoms in total. The van der Waals surface area contributed by atoms with Crippen LogP contribution in [-0.2, 0) is 6.61 Å². The van der Waals surface area contributed by atoms with Gasteiger partial charge in [-0.15, -0.1) is 11.3 Å². The lowest BCUT2D eigenvalue weighted by molar-refractivity contribution is 0.306. The van der Waals surface area contributed by atoms with E-state index in [2.05, 4.69) is 20.7 Å². The van der Waals surface area contributed by atoms with Crippen LogP contribution >= 0.6 is 22.9 Å². The van der Waals surface area contributed by atoms with E-state index in [1.807, 2.05) is 30.3 Å². The van der Waals surface area contributed by atoms with Gasteiger partial charge in [-0.3, -0.25) is 0 Å². The van der Waals surface area contributed by atoms with Crippen LogP contribution in [-0.4, -0.2) is 17.1 Å². The Morgan fingerprint density at radius 1 is 1.03 bits per heavy atom. The Kier molecular flexibility index (Phi) is 6.29. The van der Waals surface area contributed by atoms with E-state index in [-0.39, 0.29) is 12.4 Å². The first-order chi connectivity index (χ1) is 16.6. The minimum absolute atomic E-state index is 0.221. The molecule has 1 N–H and O–H groups in total. The average Bonchev–Trinajstić information content (AvgIpc) is 3.29. The number of nitrogens with zero attached hydrogens (tertiary/aromatic N) is 2. The number of ether oxygens (including phenoxy) is 2. The van der Waals surface area contributed by atoms with Crippen LogP contribution in [0.15, 0.2) is 78.4 Å². The summed E-state index contributed by atoms with van der Waals surface area (Å²) in [5, 5.41) is 5.83. The zero-order valence-corrected chi connectivity index (χ0v) is 19.7. The number of rotatable bonds is 7. The van der Waals surface area contributed by atoms with Gasteiger partial charge in [-0.05, 0) is 53.6 Å². The summed E-state index contributed by atoms with van der Waals surface area (Å²) in [6, 6.07) is 19.6. The number of anilines is 2. The molecule has 3 aromatic carbocycles. The summed E-state index contributed by atoms with van der Waals surface area (Å²) in [4.78, 5) is 8.94. The summed E-state index contributed by atoms with van der Waals surface area (Å²) >= 11 is 8.01. The molecule has 0 bridgehead atoms. The number of thiophene rings is 1. The van der Waals surface area contributed by atoms with Crippen LogP contribution < -0.4 is 14.8 Å². The van der Waals surface area contributed by atoms with Crippen LogP contribution in [0.25, 0.3) is 21.3 Å². The Labute approximate surface area is 204 Å². The van der Waals surface area contributed by atoms with Gasteiger partial charge in [-0.2, -0.15) is 0 Å². The second-order valence-electron chi connectivity index (χ2n) is 7.47. The first kappa shape index (κ1) is 22.1. The normalized spacial score (nSPS) is 10.9. The lowest BCUT2D eigenvalue weighted by atomic mass is 10.1. The molecule has 0 saturated carbocycles. The van der Waals surface area contributed by atoms with Crippen LogP contribution in [0, 0.1) is 5.82 Å². The van der Waals surface area contributed by atoms with Crippen molar-refractivity contribution < 1.29 is 13.9 Å². The monoisotopic (exact) mass is 491 g/mol. The van der Waals surface area contributed by atoms with E-state index < -0.39 is 0 Å². The second kappa shape index (κ2) is 9.67. The zero-order chi connectivity index (χ0) is 23.5. The molecule has 8 heteroatoms. The fraction of sp³-hybridized carbons (Fsp3) is 0.0769. The topological polar surface area (TPSA) is 56.3 Å². The number of hydrogen-bond acceptors (Lipinski definition) is 6. The van der Waals surface area contributed by atoms with Gasteiger partial charge in [-0.1, -0.05) is 35.9 Å². The number of benzene rings is 3. The maximum Gasteiger partial charge on any atom is 0.151 e. The summed E-state index contributed by atoms with van der Waals surface area (Å²) in [6.45, 7) is 0.221. The maximum atomic E-state index is 13.4. The van der Waals surface area contributed by atoms with Gasteiger partial charge in [0.2, 0.25) is 0 Å². The number of aromatic nitrogens is 2. The van der Waals surface area contributed by atoms with Crippen molar-refractivity contribution in [3.05, 3.63) is 94.8 Å². The van der Waals surface area contributed by atoms with Crippen molar-refractivity contribution in [3.63, 3.8) is 0 Å². The highest BCUT2D eigenvalue weighted by Gasteiger charge is 2.14. The molecule has 5 rings (SSSR count). The van der Waals surface area contributed by atoms with E-state index in [1.165, 1.54) is 12.1 Å². The Balaban J connectivity index is 1.37. The molecule has 0 spiro atoms. The average molecular weight is 492 g/mol. The van der Waals surface area contributed by atoms with Crippen molar-refractivity contribution in [3.8, 4) is 22.6 Å². The summed E-state index contributed by atoms with van der Waals surface area (Å²) < 4.78 is 25.4. The Bertz CT molecular complexity index is 1470. The van der Waals surface area contributed by atoms with Gasteiger partial charge in [0.05, 0.1) is 22.3 Å². The van der Waals surface area contributed by atoms with Crippen LogP contribution in [0.4, 0.5) is 15.9 Å². The summed E-state index contributed by atoms with van der Waals surface area (Å²) in [5.74, 6) is 1.69. The van der Waals surface area contributed by atoms with E-state index >= 15 is 0 Å². The highest BCUT2D eigenvalue weighted by molar-refractivity contribution is 7.18. The number of halogens is 2. The lowest BCUT2D eigenvalue weighted by Gasteiger charge is -2.11. The molecule has 2 aromatic heterocycles. The molecule has 2 heterocycles. The largest absolute Gasteiger partial charge is 0.497 e. The molecule has 0 saturated heterocycles. The first-order valence-corrected chi connectivity index (χ1v) is 11.7. The van der Waals surface area contributed by atoms with Crippen LogP contribution in [0.3, 0.4) is 0 Å². The van der Waals surface area contributed by atoms with Gasteiger partial charge in [0, 0.05) is 16.6 Å². The minimum atomic E-state index is -0.300. The van der Waals surface area contributed by atoms with Gasteiger partial charge in [0.25, 0.3) is 0 Å². The Morgan fingerprint density at radius 3 is 2.74 bits per heavy atom. The van der Waals surface area contributed by atoms with Gasteiger partial charge < -0.3 is 14.8 Å². The van der Waals surface area contributed by atoms with Crippen LogP contribution in [0.1, 0.15) is 5.56 Å². The fourth-order valence-electron chi connectivity index (χ4n) is 3.56. The van der Waals surface area contributed by atoms with Gasteiger partial charge in [0.1, 0.15) is 30.3 Å². The standard InChI is InChI=1S/C26H19ClFN3O2S/c1-32-20-7-3-5-17(11-20)21-14-34-25-24(21)29-15-30-26(25)31-19-8-9-23(22(27)12-19)33-13-16-4-2-6-18(28)10-16/h2-12,14-15H,13H2,1H3,(H,29,30,31). The van der Waals surface area contributed by atoms with Crippen molar-refractivity contribution in [1.29, 1.82) is 0 Å². The Morgan fingerprint density at radius 2 is 1.91 bits per heavy atom. The second-order valence-corrected chi connectivity index (χ2v) is 8.76. The molecule has 0 unspecified atom stereocenters. The SMILES string of the molecule is COc1cccc(-c2csc3c(Nc4ccc(OCc5cccc(F)c5)c(Cl)c4)ncnc23)c1. The van der Waals surface area contributed by atoms with Gasteiger partial charge in [-0.25, -0.2) is 14.4 Å². The third kappa shape index (κ3) is 4.66. The van der Waals surface area contributed by atoms with Gasteiger partial charge >= 0.3 is 0 Å². The van der Waals surface area contributed by atoms with E-state index in [0.717, 1.165) is 38.3 Å². The van der Waals surface area contributed by atoms with Crippen molar-refractivity contribution in [2.24, 2.45) is 0 Å². The Hall–Kier alpha value is -3.68. The predicted octanol–water partition coefficient (Wildman–Crippen LogP) is 7.48.